The average Bonchev–Trinajstić information content (AvgIpc) is 2.48. The monoisotopic (exact) mass is 365 g/mol. The number of sulfonamides is 1. The fourth-order valence-corrected chi connectivity index (χ4v) is 4.13. The molecule has 0 bridgehead atoms. The van der Waals surface area contributed by atoms with E-state index >= 15 is 0 Å². The highest BCUT2D eigenvalue weighted by atomic mass is 35.5. The van der Waals surface area contributed by atoms with Crippen molar-refractivity contribution in [2.45, 2.75) is 18.4 Å². The lowest BCUT2D eigenvalue weighted by atomic mass is 10.1. The van der Waals surface area contributed by atoms with E-state index in [1.807, 2.05) is 6.92 Å². The predicted molar refractivity (Wildman–Crippen MR) is 93.9 cm³/mol. The third-order valence-corrected chi connectivity index (χ3v) is 5.59. The van der Waals surface area contributed by atoms with Gasteiger partial charge in [0, 0.05) is 25.0 Å². The average molecular weight is 366 g/mol. The Morgan fingerprint density at radius 3 is 2.67 bits per heavy atom. The van der Waals surface area contributed by atoms with Gasteiger partial charge in [0.25, 0.3) is 10.0 Å². The van der Waals surface area contributed by atoms with Gasteiger partial charge in [-0.05, 0) is 48.4 Å². The number of hydrogen-bond donors (Lipinski definition) is 2. The second-order valence-electron chi connectivity index (χ2n) is 5.70. The molecule has 1 aliphatic heterocycles. The third-order valence-electron chi connectivity index (χ3n) is 3.73. The summed E-state index contributed by atoms with van der Waals surface area (Å²) in [5.41, 5.74) is 2.79. The van der Waals surface area contributed by atoms with Gasteiger partial charge in [0.1, 0.15) is 4.90 Å². The lowest BCUT2D eigenvalue weighted by molar-refractivity contribution is 0.218. The fraction of sp³-hybridized carbons (Fsp3) is 0.188. The van der Waals surface area contributed by atoms with Gasteiger partial charge in [-0.2, -0.15) is 0 Å². The van der Waals surface area contributed by atoms with Crippen molar-refractivity contribution in [1.29, 1.82) is 0 Å². The van der Waals surface area contributed by atoms with Crippen molar-refractivity contribution < 1.29 is 13.2 Å². The Kier molecular flexibility index (Phi) is 4.15. The van der Waals surface area contributed by atoms with Gasteiger partial charge in [0.05, 0.1) is 5.02 Å². The fourth-order valence-electron chi connectivity index (χ4n) is 2.48. The van der Waals surface area contributed by atoms with Crippen LogP contribution in [-0.2, 0) is 16.6 Å². The molecule has 1 heterocycles. The first-order valence-corrected chi connectivity index (χ1v) is 9.06. The Bertz CT molecular complexity index is 928. The van der Waals surface area contributed by atoms with Crippen molar-refractivity contribution >= 4 is 39.0 Å². The largest absolute Gasteiger partial charge is 0.323 e. The highest BCUT2D eigenvalue weighted by Crippen LogP contribution is 2.29. The van der Waals surface area contributed by atoms with Crippen LogP contribution in [0.4, 0.5) is 16.2 Å². The maximum Gasteiger partial charge on any atom is 0.321 e. The number of hydrogen-bond acceptors (Lipinski definition) is 3. The summed E-state index contributed by atoms with van der Waals surface area (Å²) in [4.78, 5) is 13.1. The van der Waals surface area contributed by atoms with E-state index in [0.29, 0.717) is 17.9 Å². The molecular formula is C16H16ClN3O3S. The molecule has 0 saturated carbocycles. The molecule has 3 rings (SSSR count). The Morgan fingerprint density at radius 2 is 1.96 bits per heavy atom. The van der Waals surface area contributed by atoms with E-state index < -0.39 is 10.0 Å². The molecule has 0 fully saturated rings. The number of nitrogens with zero attached hydrogens (tertiary/aromatic N) is 1. The molecule has 0 aromatic heterocycles. The first-order valence-electron chi connectivity index (χ1n) is 7.20. The van der Waals surface area contributed by atoms with Gasteiger partial charge in [0.2, 0.25) is 0 Å². The number of amides is 2. The lowest BCUT2D eigenvalue weighted by Crippen LogP contribution is -2.35. The summed E-state index contributed by atoms with van der Waals surface area (Å²) in [6.45, 7) is 2.24. The number of anilines is 2. The number of benzene rings is 2. The molecule has 2 amide bonds. The van der Waals surface area contributed by atoms with Crippen LogP contribution in [0, 0.1) is 6.92 Å². The molecule has 6 nitrogen and oxygen atoms in total. The summed E-state index contributed by atoms with van der Waals surface area (Å²) >= 11 is 6.06. The summed E-state index contributed by atoms with van der Waals surface area (Å²) in [7, 11) is -2.13. The molecule has 1 aliphatic rings. The molecule has 0 unspecified atom stereocenters. The van der Waals surface area contributed by atoms with Crippen molar-refractivity contribution in [1.82, 2.24) is 4.90 Å². The van der Waals surface area contributed by atoms with Crippen LogP contribution >= 0.6 is 11.6 Å². The van der Waals surface area contributed by atoms with Crippen molar-refractivity contribution in [3.8, 4) is 0 Å². The van der Waals surface area contributed by atoms with Crippen LogP contribution in [0.3, 0.4) is 0 Å². The number of urea groups is 1. The molecule has 126 valence electrons. The summed E-state index contributed by atoms with van der Waals surface area (Å²) in [5, 5.41) is 2.91. The Labute approximate surface area is 145 Å². The Hall–Kier alpha value is -2.25. The maximum atomic E-state index is 12.5. The molecule has 0 saturated heterocycles. The number of nitrogens with one attached hydrogen (secondary N) is 2. The Balaban J connectivity index is 1.91. The smallest absolute Gasteiger partial charge is 0.321 e. The minimum atomic E-state index is -3.79. The first kappa shape index (κ1) is 16.6. The first-order chi connectivity index (χ1) is 11.3. The zero-order chi connectivity index (χ0) is 17.5. The van der Waals surface area contributed by atoms with Crippen LogP contribution in [0.5, 0.6) is 0 Å². The molecule has 0 aliphatic carbocycles. The number of carbonyl (C=O) groups excluding carboxylic acids is 1. The zero-order valence-electron chi connectivity index (χ0n) is 13.1. The number of fused-ring (bicyclic) bond motifs is 1. The van der Waals surface area contributed by atoms with Gasteiger partial charge in [-0.1, -0.05) is 17.7 Å². The Morgan fingerprint density at radius 1 is 1.21 bits per heavy atom. The topological polar surface area (TPSA) is 78.5 Å². The summed E-state index contributed by atoms with van der Waals surface area (Å²) < 4.78 is 27.6. The summed E-state index contributed by atoms with van der Waals surface area (Å²) in [5.74, 6) is 0. The van der Waals surface area contributed by atoms with Gasteiger partial charge < -0.3 is 10.2 Å². The van der Waals surface area contributed by atoms with E-state index in [9.17, 15) is 13.2 Å². The van der Waals surface area contributed by atoms with E-state index in [1.54, 1.807) is 37.4 Å². The van der Waals surface area contributed by atoms with Crippen LogP contribution < -0.4 is 10.0 Å². The third kappa shape index (κ3) is 3.18. The number of halogens is 1. The summed E-state index contributed by atoms with van der Waals surface area (Å²) in [6, 6.07) is 9.56. The molecule has 0 radical (unpaired) electrons. The van der Waals surface area contributed by atoms with Crippen LogP contribution in [0.15, 0.2) is 41.3 Å². The minimum absolute atomic E-state index is 0.0258. The van der Waals surface area contributed by atoms with Gasteiger partial charge in [-0.25, -0.2) is 13.2 Å². The van der Waals surface area contributed by atoms with E-state index in [4.69, 9.17) is 11.6 Å². The zero-order valence-corrected chi connectivity index (χ0v) is 14.7. The molecule has 2 aromatic carbocycles. The number of carbonyl (C=O) groups is 1. The molecule has 0 spiro atoms. The predicted octanol–water partition coefficient (Wildman–Crippen LogP) is 3.43. The number of rotatable bonds is 3. The maximum absolute atomic E-state index is 12.5. The van der Waals surface area contributed by atoms with Crippen molar-refractivity contribution in [2.75, 3.05) is 17.1 Å². The van der Waals surface area contributed by atoms with E-state index in [-0.39, 0.29) is 15.9 Å². The number of aryl methyl sites for hydroxylation is 1. The quantitative estimate of drug-likeness (QED) is 0.874. The van der Waals surface area contributed by atoms with Crippen LogP contribution in [0.1, 0.15) is 11.1 Å². The van der Waals surface area contributed by atoms with Gasteiger partial charge in [0.15, 0.2) is 0 Å². The lowest BCUT2D eigenvalue weighted by Gasteiger charge is -2.26. The van der Waals surface area contributed by atoms with Gasteiger partial charge >= 0.3 is 6.03 Å². The normalized spacial score (nSPS) is 14.1. The van der Waals surface area contributed by atoms with Crippen molar-refractivity contribution in [3.05, 3.63) is 52.5 Å². The second kappa shape index (κ2) is 5.99. The standard InChI is InChI=1S/C16H16ClN3O3S/c1-10-3-6-15(13(17)7-10)24(22,23)19-12-4-5-14-11(8-12)9-20(2)16(21)18-14/h3-8,19H,9H2,1-2H3,(H,18,21). The van der Waals surface area contributed by atoms with Crippen LogP contribution in [0.25, 0.3) is 0 Å². The molecule has 8 heteroatoms. The van der Waals surface area contributed by atoms with E-state index in [0.717, 1.165) is 11.1 Å². The highest BCUT2D eigenvalue weighted by molar-refractivity contribution is 7.92. The SMILES string of the molecule is Cc1ccc(S(=O)(=O)Nc2ccc3c(c2)CN(C)C(=O)N3)c(Cl)c1. The van der Waals surface area contributed by atoms with Crippen LogP contribution in [-0.4, -0.2) is 26.4 Å². The highest BCUT2D eigenvalue weighted by Gasteiger charge is 2.22. The van der Waals surface area contributed by atoms with Crippen molar-refractivity contribution in [3.63, 3.8) is 0 Å². The molecule has 0 atom stereocenters. The second-order valence-corrected chi connectivity index (χ2v) is 7.76. The van der Waals surface area contributed by atoms with Crippen molar-refractivity contribution in [2.24, 2.45) is 0 Å². The van der Waals surface area contributed by atoms with Gasteiger partial charge in [-0.15, -0.1) is 0 Å². The molecule has 2 N–H and O–H groups in total. The van der Waals surface area contributed by atoms with Gasteiger partial charge in [-0.3, -0.25) is 4.72 Å². The van der Waals surface area contributed by atoms with E-state index in [2.05, 4.69) is 10.0 Å². The summed E-state index contributed by atoms with van der Waals surface area (Å²) in [6.07, 6.45) is 0. The molecule has 2 aromatic rings. The molecular weight excluding hydrogens is 350 g/mol. The van der Waals surface area contributed by atoms with E-state index in [1.165, 1.54) is 11.0 Å². The minimum Gasteiger partial charge on any atom is -0.323 e. The van der Waals surface area contributed by atoms with Crippen LogP contribution in [0.2, 0.25) is 5.02 Å². The molecule has 24 heavy (non-hydrogen) atoms.